The number of fused-ring (bicyclic) bond motifs is 1. The number of aliphatic carboxylic acids is 1. The van der Waals surface area contributed by atoms with Gasteiger partial charge in [0.25, 0.3) is 0 Å². The van der Waals surface area contributed by atoms with Crippen molar-refractivity contribution in [2.75, 3.05) is 0 Å². The van der Waals surface area contributed by atoms with Gasteiger partial charge in [-0.25, -0.2) is 0 Å². The van der Waals surface area contributed by atoms with Crippen molar-refractivity contribution in [2.45, 2.75) is 31.1 Å². The van der Waals surface area contributed by atoms with E-state index in [1.807, 2.05) is 24.3 Å². The van der Waals surface area contributed by atoms with Gasteiger partial charge in [-0.2, -0.15) is 5.26 Å². The smallest absolute Gasteiger partial charge is 0.305 e. The fourth-order valence-corrected chi connectivity index (χ4v) is 2.52. The van der Waals surface area contributed by atoms with E-state index < -0.39 is 11.4 Å². The molecule has 1 aliphatic carbocycles. The number of nitrogens with zero attached hydrogens (tertiary/aromatic N) is 1. The average molecular weight is 215 g/mol. The van der Waals surface area contributed by atoms with Crippen molar-refractivity contribution in [3.8, 4) is 6.07 Å². The van der Waals surface area contributed by atoms with Gasteiger partial charge in [0, 0.05) is 0 Å². The molecule has 82 valence electrons. The van der Waals surface area contributed by atoms with Gasteiger partial charge in [0.1, 0.15) is 0 Å². The van der Waals surface area contributed by atoms with Crippen molar-refractivity contribution in [3.63, 3.8) is 0 Å². The molecule has 1 N–H and O–H groups in total. The Morgan fingerprint density at radius 3 is 2.94 bits per heavy atom. The normalized spacial score (nSPS) is 23.2. The fourth-order valence-electron chi connectivity index (χ4n) is 2.52. The molecule has 0 saturated carbocycles. The van der Waals surface area contributed by atoms with Crippen LogP contribution in [0.15, 0.2) is 24.3 Å². The third kappa shape index (κ3) is 1.67. The lowest BCUT2D eigenvalue weighted by molar-refractivity contribution is -0.138. The van der Waals surface area contributed by atoms with Crippen LogP contribution in [-0.2, 0) is 16.6 Å². The zero-order valence-corrected chi connectivity index (χ0v) is 8.94. The van der Waals surface area contributed by atoms with Crippen LogP contribution >= 0.6 is 0 Å². The van der Waals surface area contributed by atoms with E-state index in [0.29, 0.717) is 6.42 Å². The molecule has 1 aromatic carbocycles. The Hall–Kier alpha value is -1.82. The number of nitriles is 1. The number of benzene rings is 1. The molecule has 0 bridgehead atoms. The van der Waals surface area contributed by atoms with E-state index in [9.17, 15) is 10.1 Å². The topological polar surface area (TPSA) is 61.1 Å². The average Bonchev–Trinajstić information content (AvgIpc) is 2.29. The van der Waals surface area contributed by atoms with Crippen molar-refractivity contribution in [3.05, 3.63) is 35.4 Å². The van der Waals surface area contributed by atoms with Gasteiger partial charge in [-0.05, 0) is 30.4 Å². The minimum absolute atomic E-state index is 0.0967. The predicted octanol–water partition coefficient (Wildman–Crippen LogP) is 2.26. The van der Waals surface area contributed by atoms with Gasteiger partial charge in [0.15, 0.2) is 0 Å². The van der Waals surface area contributed by atoms with Gasteiger partial charge in [-0.15, -0.1) is 0 Å². The quantitative estimate of drug-likeness (QED) is 0.823. The molecule has 0 radical (unpaired) electrons. The van der Waals surface area contributed by atoms with Crippen LogP contribution in [0.25, 0.3) is 0 Å². The molecule has 1 aliphatic rings. The van der Waals surface area contributed by atoms with Crippen LogP contribution in [0.3, 0.4) is 0 Å². The Bertz CT molecular complexity index is 461. The minimum atomic E-state index is -0.904. The molecule has 0 aliphatic heterocycles. The van der Waals surface area contributed by atoms with Crippen LogP contribution < -0.4 is 0 Å². The summed E-state index contributed by atoms with van der Waals surface area (Å²) in [5, 5.41) is 18.3. The summed E-state index contributed by atoms with van der Waals surface area (Å²) >= 11 is 0. The van der Waals surface area contributed by atoms with E-state index in [2.05, 4.69) is 6.07 Å². The lowest BCUT2D eigenvalue weighted by Gasteiger charge is -2.31. The van der Waals surface area contributed by atoms with Gasteiger partial charge in [0.05, 0.1) is 17.9 Å². The number of aryl methyl sites for hydroxylation is 1. The molecule has 0 aromatic heterocycles. The number of carboxylic acids is 1. The van der Waals surface area contributed by atoms with E-state index in [-0.39, 0.29) is 6.42 Å². The molecule has 1 atom stereocenters. The number of rotatable bonds is 2. The van der Waals surface area contributed by atoms with Crippen LogP contribution in [-0.4, -0.2) is 11.1 Å². The standard InChI is InChI=1S/C13H13NO2/c14-9-13(8-12(15)16)7-3-5-10-4-1-2-6-11(10)13/h1-2,4,6H,3,5,7-8H2,(H,15,16). The molecule has 0 amide bonds. The summed E-state index contributed by atoms with van der Waals surface area (Å²) < 4.78 is 0. The molecule has 16 heavy (non-hydrogen) atoms. The number of carbonyl (C=O) groups is 1. The first-order chi connectivity index (χ1) is 7.68. The van der Waals surface area contributed by atoms with Gasteiger partial charge in [-0.3, -0.25) is 4.79 Å². The maximum Gasteiger partial charge on any atom is 0.305 e. The third-order valence-corrected chi connectivity index (χ3v) is 3.25. The molecule has 3 nitrogen and oxygen atoms in total. The fraction of sp³-hybridized carbons (Fsp3) is 0.385. The lowest BCUT2D eigenvalue weighted by Crippen LogP contribution is -2.32. The van der Waals surface area contributed by atoms with E-state index in [4.69, 9.17) is 5.11 Å². The van der Waals surface area contributed by atoms with Gasteiger partial charge in [0.2, 0.25) is 0 Å². The molecular weight excluding hydrogens is 202 g/mol. The van der Waals surface area contributed by atoms with E-state index in [1.54, 1.807) is 0 Å². The summed E-state index contributed by atoms with van der Waals surface area (Å²) in [7, 11) is 0. The first-order valence-electron chi connectivity index (χ1n) is 5.39. The molecule has 0 saturated heterocycles. The number of hydrogen-bond acceptors (Lipinski definition) is 2. The Balaban J connectivity index is 2.50. The molecule has 1 aromatic rings. The van der Waals surface area contributed by atoms with Crippen molar-refractivity contribution >= 4 is 5.97 Å². The largest absolute Gasteiger partial charge is 0.481 e. The monoisotopic (exact) mass is 215 g/mol. The maximum atomic E-state index is 10.9. The van der Waals surface area contributed by atoms with Crippen molar-refractivity contribution in [1.82, 2.24) is 0 Å². The van der Waals surface area contributed by atoms with E-state index >= 15 is 0 Å². The van der Waals surface area contributed by atoms with Crippen molar-refractivity contribution in [1.29, 1.82) is 5.26 Å². The molecule has 0 spiro atoms. The Kier molecular flexibility index (Phi) is 2.66. The first-order valence-corrected chi connectivity index (χ1v) is 5.39. The summed E-state index contributed by atoms with van der Waals surface area (Å²) in [6.45, 7) is 0. The zero-order chi connectivity index (χ0) is 11.6. The van der Waals surface area contributed by atoms with E-state index in [1.165, 1.54) is 0 Å². The summed E-state index contributed by atoms with van der Waals surface area (Å²) in [6, 6.07) is 9.91. The van der Waals surface area contributed by atoms with Gasteiger partial charge < -0.3 is 5.11 Å². The van der Waals surface area contributed by atoms with Gasteiger partial charge >= 0.3 is 5.97 Å². The molecule has 1 unspecified atom stereocenters. The predicted molar refractivity (Wildman–Crippen MR) is 58.9 cm³/mol. The Morgan fingerprint density at radius 1 is 1.50 bits per heavy atom. The van der Waals surface area contributed by atoms with Crippen LogP contribution in [0, 0.1) is 11.3 Å². The zero-order valence-electron chi connectivity index (χ0n) is 8.94. The summed E-state index contributed by atoms with van der Waals surface area (Å²) in [5.41, 5.74) is 1.21. The maximum absolute atomic E-state index is 10.9. The molecule has 0 fully saturated rings. The second-order valence-corrected chi connectivity index (χ2v) is 4.28. The van der Waals surface area contributed by atoms with Crippen molar-refractivity contribution < 1.29 is 9.90 Å². The molecule has 2 rings (SSSR count). The Morgan fingerprint density at radius 2 is 2.25 bits per heavy atom. The minimum Gasteiger partial charge on any atom is -0.481 e. The Labute approximate surface area is 94.3 Å². The highest BCUT2D eigenvalue weighted by molar-refractivity contribution is 5.70. The van der Waals surface area contributed by atoms with Crippen molar-refractivity contribution in [2.24, 2.45) is 0 Å². The second kappa shape index (κ2) is 3.97. The summed E-state index contributed by atoms with van der Waals surface area (Å²) in [6.07, 6.45) is 2.38. The first kappa shape index (κ1) is 10.7. The highest BCUT2D eigenvalue weighted by Gasteiger charge is 2.38. The van der Waals surface area contributed by atoms with Crippen LogP contribution in [0.2, 0.25) is 0 Å². The van der Waals surface area contributed by atoms with Crippen LogP contribution in [0.1, 0.15) is 30.4 Å². The highest BCUT2D eigenvalue weighted by Crippen LogP contribution is 2.39. The third-order valence-electron chi connectivity index (χ3n) is 3.25. The van der Waals surface area contributed by atoms with E-state index in [0.717, 1.165) is 24.0 Å². The van der Waals surface area contributed by atoms with Gasteiger partial charge in [-0.1, -0.05) is 24.3 Å². The number of carboxylic acid groups (broad SMARTS) is 1. The molecular formula is C13H13NO2. The van der Waals surface area contributed by atoms with Crippen LogP contribution in [0.4, 0.5) is 0 Å². The lowest BCUT2D eigenvalue weighted by atomic mass is 9.69. The summed E-state index contributed by atoms with van der Waals surface area (Å²) in [5.74, 6) is -0.904. The van der Waals surface area contributed by atoms with Crippen LogP contribution in [0.5, 0.6) is 0 Å². The second-order valence-electron chi connectivity index (χ2n) is 4.28. The highest BCUT2D eigenvalue weighted by atomic mass is 16.4. The number of hydrogen-bond donors (Lipinski definition) is 1. The molecule has 0 heterocycles. The molecule has 3 heteroatoms. The summed E-state index contributed by atoms with van der Waals surface area (Å²) in [4.78, 5) is 10.9. The SMILES string of the molecule is N#CC1(CC(=O)O)CCCc2ccccc21.